The van der Waals surface area contributed by atoms with Gasteiger partial charge >= 0.3 is 5.97 Å². The van der Waals surface area contributed by atoms with Crippen LogP contribution in [0.4, 0.5) is 0 Å². The SMILES string of the molecule is CCOC(=O)/C(C#N)=C(/C)N=S(C)(=N)CC. The monoisotopic (exact) mass is 243 g/mol. The highest BCUT2D eigenvalue weighted by molar-refractivity contribution is 7.93. The first-order chi connectivity index (χ1) is 7.37. The van der Waals surface area contributed by atoms with Gasteiger partial charge in [-0.2, -0.15) is 5.26 Å². The largest absolute Gasteiger partial charge is 0.462 e. The van der Waals surface area contributed by atoms with Gasteiger partial charge in [0.05, 0.1) is 12.3 Å². The van der Waals surface area contributed by atoms with Gasteiger partial charge in [-0.25, -0.2) is 9.16 Å². The first-order valence-electron chi connectivity index (χ1n) is 4.89. The van der Waals surface area contributed by atoms with Crippen LogP contribution in [0.25, 0.3) is 0 Å². The Kier molecular flexibility index (Phi) is 5.75. The summed E-state index contributed by atoms with van der Waals surface area (Å²) in [4.78, 5) is 11.4. The smallest absolute Gasteiger partial charge is 0.350 e. The van der Waals surface area contributed by atoms with Gasteiger partial charge in [0.2, 0.25) is 0 Å². The summed E-state index contributed by atoms with van der Waals surface area (Å²) in [5.41, 5.74) is 0.177. The minimum absolute atomic E-state index is 0.110. The Labute approximate surface area is 96.7 Å². The average molecular weight is 243 g/mol. The predicted octanol–water partition coefficient (Wildman–Crippen LogP) is 2.10. The minimum Gasteiger partial charge on any atom is -0.462 e. The Morgan fingerprint density at radius 1 is 1.56 bits per heavy atom. The summed E-state index contributed by atoms with van der Waals surface area (Å²) in [5.74, 6) is -0.0798. The highest BCUT2D eigenvalue weighted by Crippen LogP contribution is 2.10. The van der Waals surface area contributed by atoms with Gasteiger partial charge in [0.15, 0.2) is 5.57 Å². The van der Waals surface area contributed by atoms with Gasteiger partial charge in [0.25, 0.3) is 0 Å². The lowest BCUT2D eigenvalue weighted by Crippen LogP contribution is -2.08. The Bertz CT molecular complexity index is 451. The standard InChI is InChI=1S/C10H17N3O2S/c1-5-15-10(14)9(7-11)8(3)13-16(4,12)6-2/h12H,5-6H2,1-4H3/b9-8-. The molecule has 6 heteroatoms. The van der Waals surface area contributed by atoms with Crippen molar-refractivity contribution >= 4 is 15.6 Å². The molecule has 90 valence electrons. The average Bonchev–Trinajstić information content (AvgIpc) is 2.18. The number of ether oxygens (including phenoxy) is 1. The van der Waals surface area contributed by atoms with Gasteiger partial charge in [-0.15, -0.1) is 0 Å². The number of nitriles is 1. The molecule has 0 aromatic heterocycles. The van der Waals surface area contributed by atoms with Crippen LogP contribution in [0.1, 0.15) is 20.8 Å². The van der Waals surface area contributed by atoms with Crippen LogP contribution >= 0.6 is 0 Å². The van der Waals surface area contributed by atoms with E-state index in [2.05, 4.69) is 4.36 Å². The van der Waals surface area contributed by atoms with Gasteiger partial charge in [-0.3, -0.25) is 4.78 Å². The van der Waals surface area contributed by atoms with Crippen molar-refractivity contribution in [2.45, 2.75) is 20.8 Å². The molecule has 0 radical (unpaired) electrons. The third kappa shape index (κ3) is 4.45. The molecule has 0 saturated carbocycles. The van der Waals surface area contributed by atoms with Gasteiger partial charge in [-0.05, 0) is 13.8 Å². The molecule has 0 heterocycles. The Morgan fingerprint density at radius 3 is 2.50 bits per heavy atom. The van der Waals surface area contributed by atoms with Crippen LogP contribution in [0, 0.1) is 16.1 Å². The van der Waals surface area contributed by atoms with Crippen molar-refractivity contribution in [2.75, 3.05) is 18.6 Å². The lowest BCUT2D eigenvalue weighted by atomic mass is 10.2. The molecule has 0 fully saturated rings. The molecule has 0 aromatic carbocycles. The number of hydrogen-bond acceptors (Lipinski definition) is 5. The van der Waals surface area contributed by atoms with E-state index in [1.807, 2.05) is 6.92 Å². The highest BCUT2D eigenvalue weighted by Gasteiger charge is 2.13. The Morgan fingerprint density at radius 2 is 2.12 bits per heavy atom. The first kappa shape index (κ1) is 14.6. The molecule has 0 aliphatic heterocycles. The fourth-order valence-corrected chi connectivity index (χ4v) is 1.71. The molecule has 0 rings (SSSR count). The second-order valence-corrected chi connectivity index (χ2v) is 6.05. The van der Waals surface area contributed by atoms with E-state index in [0.29, 0.717) is 5.75 Å². The molecule has 0 spiro atoms. The molecule has 1 unspecified atom stereocenters. The van der Waals surface area contributed by atoms with Gasteiger partial charge in [-0.1, -0.05) is 16.5 Å². The molecule has 0 amide bonds. The summed E-state index contributed by atoms with van der Waals surface area (Å²) < 4.78 is 16.7. The molecule has 5 nitrogen and oxygen atoms in total. The van der Waals surface area contributed by atoms with Gasteiger partial charge in [0.1, 0.15) is 6.07 Å². The number of nitrogens with one attached hydrogen (secondary N) is 1. The lowest BCUT2D eigenvalue weighted by molar-refractivity contribution is -0.138. The van der Waals surface area contributed by atoms with E-state index in [1.165, 1.54) is 0 Å². The third-order valence-corrected chi connectivity index (χ3v) is 3.65. The van der Waals surface area contributed by atoms with Crippen LogP contribution in [-0.2, 0) is 19.2 Å². The van der Waals surface area contributed by atoms with E-state index in [0.717, 1.165) is 0 Å². The number of esters is 1. The van der Waals surface area contributed by atoms with Crippen molar-refractivity contribution in [3.05, 3.63) is 11.3 Å². The molecule has 0 aromatic rings. The van der Waals surface area contributed by atoms with Crippen molar-refractivity contribution < 1.29 is 9.53 Å². The summed E-state index contributed by atoms with van der Waals surface area (Å²) in [6, 6.07) is 1.77. The zero-order valence-electron chi connectivity index (χ0n) is 10.0. The summed E-state index contributed by atoms with van der Waals surface area (Å²) in [6.45, 7) is 5.31. The van der Waals surface area contributed by atoms with Crippen molar-refractivity contribution in [1.29, 1.82) is 10.0 Å². The maximum atomic E-state index is 11.4. The highest BCUT2D eigenvalue weighted by atomic mass is 32.2. The Hall–Kier alpha value is -1.35. The van der Waals surface area contributed by atoms with E-state index in [9.17, 15) is 4.79 Å². The molecule has 0 aliphatic rings. The van der Waals surface area contributed by atoms with E-state index in [4.69, 9.17) is 14.8 Å². The summed E-state index contributed by atoms with van der Waals surface area (Å²) in [7, 11) is -1.86. The minimum atomic E-state index is -1.86. The summed E-state index contributed by atoms with van der Waals surface area (Å²) in [6.07, 6.45) is 1.71. The van der Waals surface area contributed by atoms with Gasteiger partial charge in [0, 0.05) is 12.0 Å². The number of carbonyl (C=O) groups is 1. The first-order valence-corrected chi connectivity index (χ1v) is 7.06. The number of carbonyl (C=O) groups excluding carboxylic acids is 1. The molecular formula is C10H17N3O2S. The maximum Gasteiger partial charge on any atom is 0.350 e. The van der Waals surface area contributed by atoms with Crippen molar-refractivity contribution in [2.24, 2.45) is 4.36 Å². The fraction of sp³-hybridized carbons (Fsp3) is 0.600. The Balaban J connectivity index is 5.38. The lowest BCUT2D eigenvalue weighted by Gasteiger charge is -2.05. The fourth-order valence-electron chi connectivity index (χ4n) is 0.890. The van der Waals surface area contributed by atoms with Crippen molar-refractivity contribution in [1.82, 2.24) is 0 Å². The zero-order valence-corrected chi connectivity index (χ0v) is 10.8. The molecule has 0 aliphatic carbocycles. The summed E-state index contributed by atoms with van der Waals surface area (Å²) >= 11 is 0. The van der Waals surface area contributed by atoms with Crippen LogP contribution in [0.5, 0.6) is 0 Å². The number of allylic oxidation sites excluding steroid dienone is 1. The maximum absolute atomic E-state index is 11.4. The van der Waals surface area contributed by atoms with Crippen LogP contribution in [0.3, 0.4) is 0 Å². The quantitative estimate of drug-likeness (QED) is 0.466. The van der Waals surface area contributed by atoms with Crippen LogP contribution in [0.2, 0.25) is 0 Å². The molecule has 0 saturated heterocycles. The molecular weight excluding hydrogens is 226 g/mol. The van der Waals surface area contributed by atoms with Crippen molar-refractivity contribution in [3.63, 3.8) is 0 Å². The van der Waals surface area contributed by atoms with E-state index < -0.39 is 15.6 Å². The second-order valence-electron chi connectivity index (χ2n) is 3.21. The van der Waals surface area contributed by atoms with E-state index >= 15 is 0 Å². The normalized spacial score (nSPS) is 15.4. The van der Waals surface area contributed by atoms with E-state index in [-0.39, 0.29) is 17.9 Å². The summed E-state index contributed by atoms with van der Waals surface area (Å²) in [5, 5.41) is 8.84. The van der Waals surface area contributed by atoms with Crippen LogP contribution < -0.4 is 0 Å². The van der Waals surface area contributed by atoms with Crippen LogP contribution in [-0.4, -0.2) is 24.6 Å². The molecule has 1 N–H and O–H groups in total. The third-order valence-electron chi connectivity index (χ3n) is 1.85. The molecule has 1 atom stereocenters. The van der Waals surface area contributed by atoms with Gasteiger partial charge < -0.3 is 4.74 Å². The number of hydrogen-bond donors (Lipinski definition) is 1. The zero-order chi connectivity index (χ0) is 12.8. The van der Waals surface area contributed by atoms with Crippen molar-refractivity contribution in [3.8, 4) is 6.07 Å². The number of nitrogens with zero attached hydrogens (tertiary/aromatic N) is 2. The molecule has 16 heavy (non-hydrogen) atoms. The van der Waals surface area contributed by atoms with E-state index in [1.54, 1.807) is 26.2 Å². The van der Waals surface area contributed by atoms with Crippen LogP contribution in [0.15, 0.2) is 15.6 Å². The topological polar surface area (TPSA) is 86.3 Å². The number of rotatable bonds is 4. The molecule has 0 bridgehead atoms. The predicted molar refractivity (Wildman–Crippen MR) is 63.9 cm³/mol. The second kappa shape index (κ2) is 6.28.